The monoisotopic (exact) mass is 367 g/mol. The molecule has 24 heavy (non-hydrogen) atoms. The molecule has 1 N–H and O–H groups in total. The molecule has 1 saturated heterocycles. The minimum absolute atomic E-state index is 0. The van der Waals surface area contributed by atoms with E-state index in [4.69, 9.17) is 4.84 Å². The Kier molecular flexibility index (Phi) is 5.18. The molecule has 2 aliphatic rings. The highest BCUT2D eigenvalue weighted by Gasteiger charge is 2.38. The third-order valence-corrected chi connectivity index (χ3v) is 5.50. The molecule has 1 aromatic carbocycles. The van der Waals surface area contributed by atoms with Crippen LogP contribution in [0, 0.1) is 0 Å². The number of hydrogen-bond donors (Lipinski definition) is 1. The topological polar surface area (TPSA) is 46.5 Å². The van der Waals surface area contributed by atoms with Crippen molar-refractivity contribution in [1.29, 1.82) is 0 Å². The molecule has 0 saturated carbocycles. The first-order chi connectivity index (χ1) is 11.3. The second kappa shape index (κ2) is 7.17. The van der Waals surface area contributed by atoms with E-state index in [0.29, 0.717) is 37.5 Å². The van der Waals surface area contributed by atoms with E-state index in [1.165, 1.54) is 11.3 Å². The second-order valence-corrected chi connectivity index (χ2v) is 6.85. The number of piperidine rings is 1. The molecule has 2 aliphatic heterocycles. The Bertz CT molecular complexity index is 716. The Hall–Kier alpha value is -1.50. The van der Waals surface area contributed by atoms with Gasteiger partial charge in [0.25, 0.3) is 0 Å². The van der Waals surface area contributed by atoms with Crippen LogP contribution in [-0.4, -0.2) is 30.4 Å². The molecule has 1 unspecified atom stereocenters. The van der Waals surface area contributed by atoms with Gasteiger partial charge in [0.2, 0.25) is 0 Å². The minimum Gasteiger partial charge on any atom is -0.394 e. The highest BCUT2D eigenvalue weighted by atomic mass is 35.5. The van der Waals surface area contributed by atoms with Crippen molar-refractivity contribution in [3.8, 4) is 0 Å². The summed E-state index contributed by atoms with van der Waals surface area (Å²) in [5, 5.41) is 9.83. The van der Waals surface area contributed by atoms with E-state index in [9.17, 15) is 0 Å². The molecule has 1 fully saturated rings. The van der Waals surface area contributed by atoms with Gasteiger partial charge < -0.3 is 10.2 Å². The first-order valence-electron chi connectivity index (χ1n) is 7.87. The van der Waals surface area contributed by atoms with E-state index in [1.54, 1.807) is 0 Å². The largest absolute Gasteiger partial charge is 0.394 e. The Morgan fingerprint density at radius 1 is 1.21 bits per heavy atom. The molecule has 4 rings (SSSR count). The normalized spacial score (nSPS) is 22.4. The molecule has 0 radical (unpaired) electrons. The van der Waals surface area contributed by atoms with E-state index < -0.39 is 5.67 Å². The van der Waals surface area contributed by atoms with E-state index in [-0.39, 0.29) is 18.3 Å². The number of nitrogens with one attached hydrogen (secondary N) is 1. The summed E-state index contributed by atoms with van der Waals surface area (Å²) in [5.74, 6) is 0.0646. The van der Waals surface area contributed by atoms with Crippen LogP contribution in [-0.2, 0) is 10.5 Å². The van der Waals surface area contributed by atoms with Crippen LogP contribution >= 0.6 is 23.7 Å². The lowest BCUT2D eigenvalue weighted by Crippen LogP contribution is -2.36. The van der Waals surface area contributed by atoms with Gasteiger partial charge in [-0.05, 0) is 18.7 Å². The SMILES string of the molecule is Cl.FC1(c2nc(C3=NOCC3c3ccccc3)cs2)CCNCC1. The Morgan fingerprint density at radius 2 is 1.96 bits per heavy atom. The second-order valence-electron chi connectivity index (χ2n) is 5.99. The predicted octanol–water partition coefficient (Wildman–Crippen LogP) is 3.63. The van der Waals surface area contributed by atoms with Gasteiger partial charge in [0.1, 0.15) is 17.3 Å². The smallest absolute Gasteiger partial charge is 0.164 e. The zero-order chi connectivity index (χ0) is 15.7. The van der Waals surface area contributed by atoms with Gasteiger partial charge in [-0.3, -0.25) is 0 Å². The van der Waals surface area contributed by atoms with Crippen molar-refractivity contribution in [2.24, 2.45) is 5.16 Å². The van der Waals surface area contributed by atoms with Gasteiger partial charge in [-0.15, -0.1) is 23.7 Å². The molecule has 7 heteroatoms. The van der Waals surface area contributed by atoms with E-state index >= 15 is 4.39 Å². The molecular formula is C17H19ClFN3OS. The van der Waals surface area contributed by atoms with Crippen LogP contribution in [0.4, 0.5) is 4.39 Å². The fourth-order valence-electron chi connectivity index (χ4n) is 3.12. The average molecular weight is 368 g/mol. The van der Waals surface area contributed by atoms with Crippen LogP contribution in [0.15, 0.2) is 40.9 Å². The third-order valence-electron chi connectivity index (χ3n) is 4.48. The summed E-state index contributed by atoms with van der Waals surface area (Å²) in [6, 6.07) is 10.1. The average Bonchev–Trinajstić information content (AvgIpc) is 3.26. The molecular weight excluding hydrogens is 349 g/mol. The fraction of sp³-hybridized carbons (Fsp3) is 0.412. The lowest BCUT2D eigenvalue weighted by molar-refractivity contribution is 0.115. The van der Waals surface area contributed by atoms with Gasteiger partial charge in [-0.25, -0.2) is 9.37 Å². The fourth-order valence-corrected chi connectivity index (χ4v) is 4.09. The minimum atomic E-state index is -1.31. The first-order valence-corrected chi connectivity index (χ1v) is 8.75. The molecule has 2 aromatic rings. The molecule has 0 aliphatic carbocycles. The van der Waals surface area contributed by atoms with E-state index in [2.05, 4.69) is 27.6 Å². The lowest BCUT2D eigenvalue weighted by Gasteiger charge is -2.27. The number of halogens is 2. The quantitative estimate of drug-likeness (QED) is 0.901. The van der Waals surface area contributed by atoms with Crippen LogP contribution in [0.3, 0.4) is 0 Å². The standard InChI is InChI=1S/C17H18FN3OS.ClH/c18-17(6-8-19-9-7-17)16-20-14(11-23-16)15-13(10-22-21-15)12-4-2-1-3-5-12;/h1-5,11,13,19H,6-10H2;1H. The molecule has 1 atom stereocenters. The van der Waals surface area contributed by atoms with Gasteiger partial charge in [0.15, 0.2) is 5.67 Å². The summed E-state index contributed by atoms with van der Waals surface area (Å²) in [7, 11) is 0. The van der Waals surface area contributed by atoms with Crippen molar-refractivity contribution in [1.82, 2.24) is 10.3 Å². The number of nitrogens with zero attached hydrogens (tertiary/aromatic N) is 2. The summed E-state index contributed by atoms with van der Waals surface area (Å²) >= 11 is 1.39. The maximum atomic E-state index is 15.1. The van der Waals surface area contributed by atoms with Crippen LogP contribution < -0.4 is 5.32 Å². The van der Waals surface area contributed by atoms with E-state index in [0.717, 1.165) is 17.0 Å². The first kappa shape index (κ1) is 17.3. The molecule has 0 amide bonds. The van der Waals surface area contributed by atoms with Gasteiger partial charge in [0.05, 0.1) is 11.6 Å². The summed E-state index contributed by atoms with van der Waals surface area (Å²) in [5.41, 5.74) is 1.38. The van der Waals surface area contributed by atoms with Gasteiger partial charge in [-0.2, -0.15) is 0 Å². The summed E-state index contributed by atoms with van der Waals surface area (Å²) in [4.78, 5) is 9.88. The van der Waals surface area contributed by atoms with Crippen LogP contribution in [0.25, 0.3) is 0 Å². The highest BCUT2D eigenvalue weighted by molar-refractivity contribution is 7.10. The maximum Gasteiger partial charge on any atom is 0.164 e. The Balaban J connectivity index is 0.00000169. The molecule has 3 heterocycles. The predicted molar refractivity (Wildman–Crippen MR) is 95.9 cm³/mol. The van der Waals surface area contributed by atoms with Gasteiger partial charge in [-0.1, -0.05) is 35.5 Å². The summed E-state index contributed by atoms with van der Waals surface area (Å²) < 4.78 is 15.1. The van der Waals surface area contributed by atoms with Crippen LogP contribution in [0.2, 0.25) is 0 Å². The van der Waals surface area contributed by atoms with E-state index in [1.807, 2.05) is 23.6 Å². The molecule has 1 aromatic heterocycles. The molecule has 0 bridgehead atoms. The molecule has 128 valence electrons. The molecule has 4 nitrogen and oxygen atoms in total. The number of benzene rings is 1. The Morgan fingerprint density at radius 3 is 2.71 bits per heavy atom. The van der Waals surface area contributed by atoms with Gasteiger partial charge in [0, 0.05) is 18.2 Å². The number of rotatable bonds is 3. The zero-order valence-electron chi connectivity index (χ0n) is 13.1. The number of aromatic nitrogens is 1. The molecule has 0 spiro atoms. The number of thiazole rings is 1. The van der Waals surface area contributed by atoms with Crippen molar-refractivity contribution >= 4 is 29.5 Å². The number of alkyl halides is 1. The van der Waals surface area contributed by atoms with Crippen molar-refractivity contribution in [3.63, 3.8) is 0 Å². The number of oxime groups is 1. The highest BCUT2D eigenvalue weighted by Crippen LogP contribution is 2.38. The van der Waals surface area contributed by atoms with Crippen LogP contribution in [0.5, 0.6) is 0 Å². The lowest BCUT2D eigenvalue weighted by atomic mass is 9.93. The van der Waals surface area contributed by atoms with Crippen molar-refractivity contribution < 1.29 is 9.23 Å². The Labute approximate surface area is 150 Å². The number of hydrogen-bond acceptors (Lipinski definition) is 5. The summed E-state index contributed by atoms with van der Waals surface area (Å²) in [6.07, 6.45) is 0.954. The third kappa shape index (κ3) is 3.18. The summed E-state index contributed by atoms with van der Waals surface area (Å²) in [6.45, 7) is 1.90. The van der Waals surface area contributed by atoms with Gasteiger partial charge >= 0.3 is 0 Å². The van der Waals surface area contributed by atoms with Crippen molar-refractivity contribution in [3.05, 3.63) is 52.0 Å². The van der Waals surface area contributed by atoms with Crippen molar-refractivity contribution in [2.45, 2.75) is 24.4 Å². The van der Waals surface area contributed by atoms with Crippen molar-refractivity contribution in [2.75, 3.05) is 19.7 Å². The van der Waals surface area contributed by atoms with Crippen LogP contribution in [0.1, 0.15) is 35.0 Å². The zero-order valence-corrected chi connectivity index (χ0v) is 14.7. The maximum absolute atomic E-state index is 15.1.